The number of piperazine rings is 1. The molecule has 0 aliphatic carbocycles. The van der Waals surface area contributed by atoms with Crippen molar-refractivity contribution in [2.24, 2.45) is 11.1 Å². The number of hydrogen-bond acceptors (Lipinski definition) is 15. The zero-order valence-corrected chi connectivity index (χ0v) is 36.5. The van der Waals surface area contributed by atoms with Gasteiger partial charge in [-0.15, -0.1) is 10.2 Å². The van der Waals surface area contributed by atoms with Crippen molar-refractivity contribution in [1.29, 1.82) is 0 Å². The van der Waals surface area contributed by atoms with Crippen LogP contribution in [0.15, 0.2) is 76.9 Å². The van der Waals surface area contributed by atoms with Crippen molar-refractivity contribution in [3.63, 3.8) is 0 Å². The number of ether oxygens (including phenoxy) is 1. The molecule has 334 valence electrons. The third-order valence-electron chi connectivity index (χ3n) is 13.2. The van der Waals surface area contributed by atoms with E-state index in [1.807, 2.05) is 36.5 Å². The maximum atomic E-state index is 13.0. The summed E-state index contributed by atoms with van der Waals surface area (Å²) in [6, 6.07) is 15.9. The maximum absolute atomic E-state index is 13.0. The van der Waals surface area contributed by atoms with E-state index in [1.54, 1.807) is 30.5 Å². The fourth-order valence-corrected chi connectivity index (χ4v) is 10.0. The summed E-state index contributed by atoms with van der Waals surface area (Å²) in [4.78, 5) is 81.4. The van der Waals surface area contributed by atoms with E-state index in [0.717, 1.165) is 78.2 Å². The minimum atomic E-state index is -0.685. The van der Waals surface area contributed by atoms with E-state index in [4.69, 9.17) is 15.5 Å². The molecule has 5 aliphatic heterocycles. The van der Waals surface area contributed by atoms with Crippen LogP contribution in [0.5, 0.6) is 0 Å². The van der Waals surface area contributed by atoms with Crippen LogP contribution < -0.4 is 31.5 Å². The molecule has 9 rings (SSSR count). The number of aromatic nitrogens is 4. The van der Waals surface area contributed by atoms with E-state index in [2.05, 4.69) is 52.8 Å². The SMILES string of the molecule is C[C@@H]1OCC2(CCN(c3cnc(Sc4cccc(NC(=O)CCN5CCN(c6ccc(C(=O)NCc7ccc8c(c7)CN(C7CCC(=O)NC7=O)C8=O)nn6)CC5)c4)cn3)CC2)[C@@H]1N. The number of carbonyl (C=O) groups is 5. The number of nitrogens with two attached hydrogens (primary N) is 1. The van der Waals surface area contributed by atoms with Crippen LogP contribution in [0.25, 0.3) is 0 Å². The molecule has 0 radical (unpaired) electrons. The second-order valence-electron chi connectivity index (χ2n) is 17.2. The molecule has 64 heavy (non-hydrogen) atoms. The second kappa shape index (κ2) is 18.6. The molecule has 3 atom stereocenters. The standard InChI is InChI=1S/C45H52N12O6S/c1-28-41(46)45(27-63-28)12-15-55(16-13-45)37-24-48-40(25-47-37)64-32-4-2-3-31(22-32)50-39(59)11-14-54-17-19-56(20-18-54)36-9-7-34(52-53-36)42(60)49-23-29-5-6-33-30(21-29)26-57(44(33)62)35-8-10-38(58)51-43(35)61/h2-7,9,21-22,24-25,28,35,41H,8,10-20,23,26-27,46H2,1H3,(H,49,60)(H,50,59)(H,51,58,61)/t28-,35?,41+/m0/s1. The highest BCUT2D eigenvalue weighted by molar-refractivity contribution is 7.99. The van der Waals surface area contributed by atoms with Gasteiger partial charge in [0.15, 0.2) is 11.5 Å². The maximum Gasteiger partial charge on any atom is 0.272 e. The number of carbonyl (C=O) groups excluding carboxylic acids is 5. The first-order valence-electron chi connectivity index (χ1n) is 21.9. The molecule has 1 unspecified atom stereocenters. The number of amides is 5. The first-order valence-corrected chi connectivity index (χ1v) is 22.7. The van der Waals surface area contributed by atoms with Gasteiger partial charge in [-0.1, -0.05) is 30.0 Å². The number of hydrogen-bond donors (Lipinski definition) is 4. The number of imide groups is 1. The summed E-state index contributed by atoms with van der Waals surface area (Å²) in [5.74, 6) is 0.0739. The zero-order valence-electron chi connectivity index (χ0n) is 35.7. The Bertz CT molecular complexity index is 2410. The van der Waals surface area contributed by atoms with Gasteiger partial charge in [0.1, 0.15) is 16.9 Å². The molecule has 19 heteroatoms. The lowest BCUT2D eigenvalue weighted by molar-refractivity contribution is -0.137. The van der Waals surface area contributed by atoms with Crippen LogP contribution in [0.2, 0.25) is 0 Å². The Hall–Kier alpha value is -6.02. The molecule has 5 amide bonds. The highest BCUT2D eigenvalue weighted by Gasteiger charge is 2.47. The Morgan fingerprint density at radius 3 is 2.47 bits per heavy atom. The number of piperidine rings is 2. The van der Waals surface area contributed by atoms with Gasteiger partial charge in [0.2, 0.25) is 17.7 Å². The Morgan fingerprint density at radius 1 is 0.938 bits per heavy atom. The molecular formula is C45H52N12O6S. The smallest absolute Gasteiger partial charge is 0.272 e. The third-order valence-corrected chi connectivity index (χ3v) is 14.1. The van der Waals surface area contributed by atoms with Crippen molar-refractivity contribution in [3.8, 4) is 0 Å². The summed E-state index contributed by atoms with van der Waals surface area (Å²) in [7, 11) is 0. The second-order valence-corrected chi connectivity index (χ2v) is 18.3. The van der Waals surface area contributed by atoms with Crippen LogP contribution in [-0.2, 0) is 32.2 Å². The van der Waals surface area contributed by atoms with E-state index < -0.39 is 11.9 Å². The van der Waals surface area contributed by atoms with Crippen LogP contribution in [0, 0.1) is 5.41 Å². The van der Waals surface area contributed by atoms with Gasteiger partial charge < -0.3 is 35.8 Å². The van der Waals surface area contributed by atoms with Crippen molar-refractivity contribution in [1.82, 2.24) is 40.6 Å². The molecule has 2 aromatic carbocycles. The van der Waals surface area contributed by atoms with Crippen molar-refractivity contribution in [3.05, 3.63) is 89.4 Å². The largest absolute Gasteiger partial charge is 0.376 e. The lowest BCUT2D eigenvalue weighted by atomic mass is 9.73. The third kappa shape index (κ3) is 9.43. The number of anilines is 3. The summed E-state index contributed by atoms with van der Waals surface area (Å²) in [6.45, 7) is 8.55. The van der Waals surface area contributed by atoms with E-state index in [0.29, 0.717) is 43.9 Å². The lowest BCUT2D eigenvalue weighted by Crippen LogP contribution is -2.52. The van der Waals surface area contributed by atoms with Gasteiger partial charge in [0.25, 0.3) is 11.8 Å². The number of nitrogens with one attached hydrogen (secondary N) is 3. The summed E-state index contributed by atoms with van der Waals surface area (Å²) < 4.78 is 5.87. The highest BCUT2D eigenvalue weighted by Crippen LogP contribution is 2.42. The van der Waals surface area contributed by atoms with Gasteiger partial charge in [-0.2, -0.15) is 0 Å². The minimum Gasteiger partial charge on any atom is -0.376 e. The van der Waals surface area contributed by atoms with Gasteiger partial charge in [0, 0.05) is 99.3 Å². The molecule has 1 spiro atoms. The van der Waals surface area contributed by atoms with Gasteiger partial charge in [-0.3, -0.25) is 34.2 Å². The molecule has 18 nitrogen and oxygen atoms in total. The van der Waals surface area contributed by atoms with E-state index in [-0.39, 0.29) is 66.4 Å². The molecule has 4 aromatic rings. The van der Waals surface area contributed by atoms with Crippen molar-refractivity contribution in [2.45, 2.75) is 80.2 Å². The molecular weight excluding hydrogens is 837 g/mol. The topological polar surface area (TPSA) is 221 Å². The van der Waals surface area contributed by atoms with E-state index >= 15 is 0 Å². The average Bonchev–Trinajstić information content (AvgIpc) is 3.78. The molecule has 4 fully saturated rings. The predicted molar refractivity (Wildman–Crippen MR) is 237 cm³/mol. The van der Waals surface area contributed by atoms with Crippen molar-refractivity contribution >= 4 is 58.6 Å². The van der Waals surface area contributed by atoms with Gasteiger partial charge in [-0.05, 0) is 73.7 Å². The minimum absolute atomic E-state index is 0.0564. The van der Waals surface area contributed by atoms with Crippen molar-refractivity contribution in [2.75, 3.05) is 67.5 Å². The quantitative estimate of drug-likeness (QED) is 0.150. The van der Waals surface area contributed by atoms with Gasteiger partial charge in [-0.25, -0.2) is 9.97 Å². The number of fused-ring (bicyclic) bond motifs is 1. The van der Waals surface area contributed by atoms with Crippen LogP contribution in [0.1, 0.15) is 71.0 Å². The number of nitrogens with zero attached hydrogens (tertiary/aromatic N) is 8. The molecule has 5 aliphatic rings. The zero-order chi connectivity index (χ0) is 44.4. The fraction of sp³-hybridized carbons (Fsp3) is 0.444. The Labute approximate surface area is 375 Å². The normalized spacial score (nSPS) is 22.1. The first-order chi connectivity index (χ1) is 31.0. The Balaban J connectivity index is 0.681. The van der Waals surface area contributed by atoms with Crippen molar-refractivity contribution < 1.29 is 28.7 Å². The van der Waals surface area contributed by atoms with Gasteiger partial charge >= 0.3 is 0 Å². The van der Waals surface area contributed by atoms with Crippen LogP contribution in [-0.4, -0.2) is 130 Å². The first kappa shape index (κ1) is 43.2. The molecule has 4 saturated heterocycles. The van der Waals surface area contributed by atoms with Gasteiger partial charge in [0.05, 0.1) is 25.1 Å². The van der Waals surface area contributed by atoms with Crippen LogP contribution >= 0.6 is 11.8 Å². The fourth-order valence-electron chi connectivity index (χ4n) is 9.25. The molecule has 0 saturated carbocycles. The summed E-state index contributed by atoms with van der Waals surface area (Å²) in [6.07, 6.45) is 6.54. The molecule has 2 aromatic heterocycles. The average molecular weight is 889 g/mol. The lowest BCUT2D eigenvalue weighted by Gasteiger charge is -2.41. The van der Waals surface area contributed by atoms with E-state index in [1.165, 1.54) is 16.7 Å². The number of rotatable bonds is 12. The summed E-state index contributed by atoms with van der Waals surface area (Å²) >= 11 is 1.50. The van der Waals surface area contributed by atoms with Crippen LogP contribution in [0.4, 0.5) is 17.3 Å². The highest BCUT2D eigenvalue weighted by atomic mass is 32.2. The Kier molecular flexibility index (Phi) is 12.6. The molecule has 0 bridgehead atoms. The monoisotopic (exact) mass is 888 g/mol. The molecule has 7 heterocycles. The number of benzene rings is 2. The summed E-state index contributed by atoms with van der Waals surface area (Å²) in [5, 5.41) is 17.5. The Morgan fingerprint density at radius 2 is 1.75 bits per heavy atom. The summed E-state index contributed by atoms with van der Waals surface area (Å²) in [5.41, 5.74) is 9.54. The van der Waals surface area contributed by atoms with Crippen LogP contribution in [0.3, 0.4) is 0 Å². The van der Waals surface area contributed by atoms with E-state index in [9.17, 15) is 24.0 Å². The predicted octanol–water partition coefficient (Wildman–Crippen LogP) is 2.59. The molecule has 5 N–H and O–H groups in total.